The standard InChI is InChI=1S/C23H24N6OS/c1-4-5-14-6-8-16-18(10-14)31-19-11-15(7-9-17(19)28(16)3)12-29-22-20(27-23(29)30)21(24)25-13(2)26-22/h6-11H,4-5,12H2,1-3H3,(H,27,30)(H2,24,25,26). The van der Waals surface area contributed by atoms with Crippen molar-refractivity contribution in [2.75, 3.05) is 17.7 Å². The molecule has 5 rings (SSSR count). The number of anilines is 3. The van der Waals surface area contributed by atoms with Crippen LogP contribution < -0.4 is 16.3 Å². The maximum absolute atomic E-state index is 12.6. The van der Waals surface area contributed by atoms with Crippen molar-refractivity contribution in [2.24, 2.45) is 0 Å². The predicted molar refractivity (Wildman–Crippen MR) is 125 cm³/mol. The SMILES string of the molecule is CCCc1ccc2c(c1)Sc1cc(Cn3c(=O)[nH]c4c(N)nc(C)nc43)ccc1N2C. The number of nitrogens with one attached hydrogen (secondary N) is 1. The van der Waals surface area contributed by atoms with Gasteiger partial charge in [-0.25, -0.2) is 14.8 Å². The highest BCUT2D eigenvalue weighted by Gasteiger charge is 2.22. The molecule has 0 amide bonds. The number of hydrogen-bond donors (Lipinski definition) is 2. The highest BCUT2D eigenvalue weighted by molar-refractivity contribution is 7.99. The molecule has 0 saturated carbocycles. The van der Waals surface area contributed by atoms with Crippen LogP contribution in [0, 0.1) is 6.92 Å². The van der Waals surface area contributed by atoms with Gasteiger partial charge in [0.25, 0.3) is 0 Å². The molecule has 0 atom stereocenters. The third-order valence-electron chi connectivity index (χ3n) is 5.63. The molecule has 8 heteroatoms. The van der Waals surface area contributed by atoms with Gasteiger partial charge in [0.15, 0.2) is 11.5 Å². The van der Waals surface area contributed by atoms with Gasteiger partial charge >= 0.3 is 5.69 Å². The fraction of sp³-hybridized carbons (Fsp3) is 0.261. The van der Waals surface area contributed by atoms with Gasteiger partial charge in [-0.15, -0.1) is 0 Å². The van der Waals surface area contributed by atoms with Gasteiger partial charge in [0.2, 0.25) is 0 Å². The van der Waals surface area contributed by atoms with Crippen molar-refractivity contribution in [3.05, 3.63) is 63.8 Å². The minimum atomic E-state index is -0.237. The van der Waals surface area contributed by atoms with Gasteiger partial charge in [-0.2, -0.15) is 0 Å². The second-order valence-electron chi connectivity index (χ2n) is 7.89. The van der Waals surface area contributed by atoms with Crippen LogP contribution in [-0.4, -0.2) is 26.6 Å². The Morgan fingerprint density at radius 2 is 1.74 bits per heavy atom. The molecule has 31 heavy (non-hydrogen) atoms. The molecule has 0 unspecified atom stereocenters. The number of benzene rings is 2. The van der Waals surface area contributed by atoms with Crippen LogP contribution in [0.1, 0.15) is 30.3 Å². The second-order valence-corrected chi connectivity index (χ2v) is 8.97. The highest BCUT2D eigenvalue weighted by atomic mass is 32.2. The van der Waals surface area contributed by atoms with Gasteiger partial charge < -0.3 is 15.6 Å². The number of hydrogen-bond acceptors (Lipinski definition) is 6. The lowest BCUT2D eigenvalue weighted by molar-refractivity contribution is 0.773. The van der Waals surface area contributed by atoms with Crippen LogP contribution in [0.15, 0.2) is 51.0 Å². The van der Waals surface area contributed by atoms with Crippen LogP contribution in [0.3, 0.4) is 0 Å². The molecular formula is C23H24N6OS. The summed E-state index contributed by atoms with van der Waals surface area (Å²) in [7, 11) is 2.10. The van der Waals surface area contributed by atoms with E-state index in [1.807, 2.05) is 0 Å². The summed E-state index contributed by atoms with van der Waals surface area (Å²) in [6, 6.07) is 13.1. The number of nitrogen functional groups attached to an aromatic ring is 1. The van der Waals surface area contributed by atoms with E-state index in [0.717, 1.165) is 24.1 Å². The molecule has 0 spiro atoms. The number of nitrogens with two attached hydrogens (primary N) is 1. The zero-order valence-electron chi connectivity index (χ0n) is 17.8. The molecule has 0 saturated heterocycles. The van der Waals surface area contributed by atoms with Gasteiger partial charge in [-0.3, -0.25) is 4.57 Å². The maximum Gasteiger partial charge on any atom is 0.328 e. The van der Waals surface area contributed by atoms with Crippen molar-refractivity contribution in [1.29, 1.82) is 0 Å². The van der Waals surface area contributed by atoms with Gasteiger partial charge in [-0.1, -0.05) is 37.2 Å². The van der Waals surface area contributed by atoms with Crippen molar-refractivity contribution in [3.8, 4) is 0 Å². The van der Waals surface area contributed by atoms with Crippen LogP contribution in [0.4, 0.5) is 17.2 Å². The van der Waals surface area contributed by atoms with Crippen molar-refractivity contribution >= 4 is 40.1 Å². The molecular weight excluding hydrogens is 408 g/mol. The Kier molecular flexibility index (Phi) is 4.74. The molecule has 1 aliphatic heterocycles. The number of nitrogens with zero attached hydrogens (tertiary/aromatic N) is 4. The maximum atomic E-state index is 12.6. The van der Waals surface area contributed by atoms with Gasteiger partial charge in [0.1, 0.15) is 11.3 Å². The summed E-state index contributed by atoms with van der Waals surface area (Å²) in [6.45, 7) is 4.38. The summed E-state index contributed by atoms with van der Waals surface area (Å²) < 4.78 is 1.62. The topological polar surface area (TPSA) is 92.8 Å². The quantitative estimate of drug-likeness (QED) is 0.501. The van der Waals surface area contributed by atoms with E-state index in [1.165, 1.54) is 21.0 Å². The van der Waals surface area contributed by atoms with Crippen molar-refractivity contribution < 1.29 is 0 Å². The summed E-state index contributed by atoms with van der Waals surface area (Å²) in [6.07, 6.45) is 2.21. The van der Waals surface area contributed by atoms with Crippen LogP contribution in [0.25, 0.3) is 11.2 Å². The summed E-state index contributed by atoms with van der Waals surface area (Å²) in [5, 5.41) is 0. The smallest absolute Gasteiger partial charge is 0.328 e. The summed E-state index contributed by atoms with van der Waals surface area (Å²) in [5.74, 6) is 0.834. The normalized spacial score (nSPS) is 12.8. The molecule has 0 radical (unpaired) electrons. The van der Waals surface area contributed by atoms with Crippen LogP contribution in [0.2, 0.25) is 0 Å². The zero-order valence-corrected chi connectivity index (χ0v) is 18.6. The van der Waals surface area contributed by atoms with Crippen molar-refractivity contribution in [3.63, 3.8) is 0 Å². The molecule has 2 aromatic heterocycles. The van der Waals surface area contributed by atoms with Crippen molar-refractivity contribution in [1.82, 2.24) is 19.5 Å². The lowest BCUT2D eigenvalue weighted by Crippen LogP contribution is -2.18. The van der Waals surface area contributed by atoms with Crippen molar-refractivity contribution in [2.45, 2.75) is 43.0 Å². The Bertz CT molecular complexity index is 1370. The number of H-pyrrole nitrogens is 1. The molecule has 2 aromatic carbocycles. The Morgan fingerprint density at radius 1 is 1.06 bits per heavy atom. The predicted octanol–water partition coefficient (Wildman–Crippen LogP) is 4.24. The lowest BCUT2D eigenvalue weighted by atomic mass is 10.1. The second kappa shape index (κ2) is 7.46. The fourth-order valence-electron chi connectivity index (χ4n) is 4.12. The van der Waals surface area contributed by atoms with E-state index in [0.29, 0.717) is 29.4 Å². The van der Waals surface area contributed by atoms with Crippen LogP contribution in [0.5, 0.6) is 0 Å². The van der Waals surface area contributed by atoms with Crippen LogP contribution in [-0.2, 0) is 13.0 Å². The highest BCUT2D eigenvalue weighted by Crippen LogP contribution is 2.48. The van der Waals surface area contributed by atoms with Crippen LogP contribution >= 0.6 is 11.8 Å². The first-order valence-corrected chi connectivity index (χ1v) is 11.2. The minimum absolute atomic E-state index is 0.237. The molecule has 3 N–H and O–H groups in total. The molecule has 0 bridgehead atoms. The van der Waals surface area contributed by atoms with E-state index < -0.39 is 0 Å². The summed E-state index contributed by atoms with van der Waals surface area (Å²) >= 11 is 1.78. The number of aromatic amines is 1. The van der Waals surface area contributed by atoms with E-state index in [2.05, 4.69) is 70.2 Å². The fourth-order valence-corrected chi connectivity index (χ4v) is 5.40. The number of fused-ring (bicyclic) bond motifs is 3. The first-order valence-electron chi connectivity index (χ1n) is 10.3. The molecule has 4 aromatic rings. The molecule has 1 aliphatic rings. The molecule has 7 nitrogen and oxygen atoms in total. The van der Waals surface area contributed by atoms with E-state index in [1.54, 1.807) is 23.3 Å². The third-order valence-corrected chi connectivity index (χ3v) is 6.73. The largest absolute Gasteiger partial charge is 0.382 e. The number of rotatable bonds is 4. The Balaban J connectivity index is 1.52. The summed E-state index contributed by atoms with van der Waals surface area (Å²) in [4.78, 5) is 28.6. The molecule has 158 valence electrons. The molecule has 3 heterocycles. The van der Waals surface area contributed by atoms with Gasteiger partial charge in [-0.05, 0) is 48.7 Å². The first-order chi connectivity index (χ1) is 14.9. The van der Waals surface area contributed by atoms with Gasteiger partial charge in [0.05, 0.1) is 17.9 Å². The van der Waals surface area contributed by atoms with E-state index >= 15 is 0 Å². The number of imidazole rings is 1. The third kappa shape index (κ3) is 3.37. The molecule has 0 fully saturated rings. The average Bonchev–Trinajstić information content (AvgIpc) is 3.04. The minimum Gasteiger partial charge on any atom is -0.382 e. The lowest BCUT2D eigenvalue weighted by Gasteiger charge is -2.30. The average molecular weight is 433 g/mol. The van der Waals surface area contributed by atoms with E-state index in [4.69, 9.17) is 5.73 Å². The Morgan fingerprint density at radius 3 is 2.45 bits per heavy atom. The number of aromatic nitrogens is 4. The van der Waals surface area contributed by atoms with E-state index in [-0.39, 0.29) is 5.69 Å². The monoisotopic (exact) mass is 432 g/mol. The Hall–Kier alpha value is -3.26. The number of aryl methyl sites for hydroxylation is 2. The zero-order chi connectivity index (χ0) is 21.7. The summed E-state index contributed by atoms with van der Waals surface area (Å²) in [5.41, 5.74) is 11.5. The van der Waals surface area contributed by atoms with Gasteiger partial charge in [0, 0.05) is 16.8 Å². The first kappa shape index (κ1) is 19.7. The Labute approximate surface area is 184 Å². The van der Waals surface area contributed by atoms with E-state index in [9.17, 15) is 4.79 Å². The molecule has 0 aliphatic carbocycles.